The van der Waals surface area contributed by atoms with Gasteiger partial charge in [-0.1, -0.05) is 61.3 Å². The second kappa shape index (κ2) is 14.6. The fourth-order valence-corrected chi connectivity index (χ4v) is 5.50. The lowest BCUT2D eigenvalue weighted by Crippen LogP contribution is -2.53. The molecular formula is C30H35Cl2N3O5S. The zero-order valence-electron chi connectivity index (χ0n) is 23.5. The monoisotopic (exact) mass is 619 g/mol. The minimum Gasteiger partial charge on any atom is -0.457 e. The second-order valence-corrected chi connectivity index (χ2v) is 12.4. The zero-order valence-corrected chi connectivity index (χ0v) is 25.8. The molecule has 0 aromatic heterocycles. The van der Waals surface area contributed by atoms with Gasteiger partial charge in [-0.15, -0.1) is 0 Å². The van der Waals surface area contributed by atoms with E-state index in [0.29, 0.717) is 39.9 Å². The van der Waals surface area contributed by atoms with Crippen LogP contribution in [0.2, 0.25) is 10.0 Å². The Labute approximate surface area is 252 Å². The van der Waals surface area contributed by atoms with E-state index in [1.807, 2.05) is 32.0 Å². The van der Waals surface area contributed by atoms with Crippen LogP contribution in [0, 0.1) is 0 Å². The van der Waals surface area contributed by atoms with Crippen molar-refractivity contribution >= 4 is 50.7 Å². The zero-order chi connectivity index (χ0) is 30.2. The number of hydrogen-bond donors (Lipinski definition) is 1. The predicted molar refractivity (Wildman–Crippen MR) is 164 cm³/mol. The molecule has 0 aliphatic heterocycles. The van der Waals surface area contributed by atoms with Gasteiger partial charge in [0.25, 0.3) is 0 Å². The minimum absolute atomic E-state index is 0.0781. The van der Waals surface area contributed by atoms with Crippen molar-refractivity contribution < 1.29 is 22.7 Å². The van der Waals surface area contributed by atoms with Crippen molar-refractivity contribution in [2.45, 2.75) is 52.2 Å². The van der Waals surface area contributed by atoms with E-state index in [2.05, 4.69) is 5.32 Å². The summed E-state index contributed by atoms with van der Waals surface area (Å²) in [6.45, 7) is 4.99. The SMILES string of the molecule is CC[C@@H](C)NC(=O)[C@H](CC)N(Cc1c(Cl)cccc1Cl)C(=O)CN(c1ccc(Oc2ccccc2)cc1)S(C)(=O)=O. The first-order chi connectivity index (χ1) is 19.4. The Kier molecular flexibility index (Phi) is 11.5. The van der Waals surface area contributed by atoms with Gasteiger partial charge in [0.2, 0.25) is 21.8 Å². The van der Waals surface area contributed by atoms with E-state index in [-0.39, 0.29) is 24.2 Å². The summed E-state index contributed by atoms with van der Waals surface area (Å²) in [5.41, 5.74) is 0.737. The maximum Gasteiger partial charge on any atom is 0.244 e. The molecule has 0 unspecified atom stereocenters. The Morgan fingerprint density at radius 1 is 0.878 bits per heavy atom. The summed E-state index contributed by atoms with van der Waals surface area (Å²) in [5.74, 6) is 0.210. The van der Waals surface area contributed by atoms with Crippen LogP contribution in [-0.2, 0) is 26.2 Å². The molecule has 0 heterocycles. The minimum atomic E-state index is -3.89. The molecule has 2 amide bonds. The number of rotatable bonds is 13. The summed E-state index contributed by atoms with van der Waals surface area (Å²) in [4.78, 5) is 28.5. The Morgan fingerprint density at radius 2 is 1.46 bits per heavy atom. The molecule has 3 rings (SSSR count). The van der Waals surface area contributed by atoms with Crippen molar-refractivity contribution in [1.29, 1.82) is 0 Å². The van der Waals surface area contributed by atoms with E-state index >= 15 is 0 Å². The van der Waals surface area contributed by atoms with Gasteiger partial charge in [-0.05, 0) is 68.3 Å². The standard InChI is InChI=1S/C30H35Cl2N3O5S/c1-5-21(3)33-30(37)28(6-2)34(19-25-26(31)13-10-14-27(25)32)29(36)20-35(41(4,38)39)22-15-17-24(18-16-22)40-23-11-8-7-9-12-23/h7-18,21,28H,5-6,19-20H2,1-4H3,(H,33,37)/t21-,28+/m1/s1. The highest BCUT2D eigenvalue weighted by Gasteiger charge is 2.33. The Hall–Kier alpha value is -3.27. The Bertz CT molecular complexity index is 1420. The number of benzene rings is 3. The lowest BCUT2D eigenvalue weighted by molar-refractivity contribution is -0.140. The molecule has 0 bridgehead atoms. The van der Waals surface area contributed by atoms with Gasteiger partial charge in [0.1, 0.15) is 24.1 Å². The molecule has 220 valence electrons. The van der Waals surface area contributed by atoms with Crippen LogP contribution in [0.3, 0.4) is 0 Å². The summed E-state index contributed by atoms with van der Waals surface area (Å²) in [6, 6.07) is 19.5. The van der Waals surface area contributed by atoms with Gasteiger partial charge in [-0.3, -0.25) is 13.9 Å². The van der Waals surface area contributed by atoms with E-state index in [4.69, 9.17) is 27.9 Å². The summed E-state index contributed by atoms with van der Waals surface area (Å²) in [5, 5.41) is 3.60. The molecule has 0 aliphatic carbocycles. The van der Waals surface area contributed by atoms with Gasteiger partial charge in [0.15, 0.2) is 0 Å². The lowest BCUT2D eigenvalue weighted by Gasteiger charge is -2.33. The fourth-order valence-electron chi connectivity index (χ4n) is 4.13. The highest BCUT2D eigenvalue weighted by Crippen LogP contribution is 2.29. The highest BCUT2D eigenvalue weighted by atomic mass is 35.5. The molecule has 0 saturated carbocycles. The third-order valence-electron chi connectivity index (χ3n) is 6.56. The van der Waals surface area contributed by atoms with Crippen molar-refractivity contribution in [2.24, 2.45) is 0 Å². The van der Waals surface area contributed by atoms with Gasteiger partial charge in [0.05, 0.1) is 11.9 Å². The molecule has 0 spiro atoms. The van der Waals surface area contributed by atoms with Crippen molar-refractivity contribution in [3.8, 4) is 11.5 Å². The van der Waals surface area contributed by atoms with Crippen LogP contribution in [0.4, 0.5) is 5.69 Å². The molecule has 3 aromatic rings. The molecule has 0 fully saturated rings. The van der Waals surface area contributed by atoms with Crippen molar-refractivity contribution in [3.63, 3.8) is 0 Å². The molecule has 11 heteroatoms. The average molecular weight is 621 g/mol. The normalized spacial score (nSPS) is 12.7. The van der Waals surface area contributed by atoms with Crippen molar-refractivity contribution in [1.82, 2.24) is 10.2 Å². The van der Waals surface area contributed by atoms with Crippen LogP contribution < -0.4 is 14.4 Å². The highest BCUT2D eigenvalue weighted by molar-refractivity contribution is 7.92. The number of ether oxygens (including phenoxy) is 1. The summed E-state index contributed by atoms with van der Waals surface area (Å²) in [7, 11) is -3.89. The number of sulfonamides is 1. The molecule has 0 saturated heterocycles. The Balaban J connectivity index is 1.94. The van der Waals surface area contributed by atoms with E-state index in [1.54, 1.807) is 61.5 Å². The number of nitrogens with one attached hydrogen (secondary N) is 1. The number of carbonyl (C=O) groups excluding carboxylic acids is 2. The number of amides is 2. The molecule has 0 aliphatic rings. The van der Waals surface area contributed by atoms with Gasteiger partial charge < -0.3 is 15.0 Å². The first kappa shape index (κ1) is 32.2. The number of hydrogen-bond acceptors (Lipinski definition) is 5. The van der Waals surface area contributed by atoms with Crippen LogP contribution in [-0.4, -0.2) is 50.0 Å². The van der Waals surface area contributed by atoms with Gasteiger partial charge in [0, 0.05) is 28.2 Å². The number of para-hydroxylation sites is 1. The maximum atomic E-state index is 13.9. The smallest absolute Gasteiger partial charge is 0.244 e. The number of halogens is 2. The van der Waals surface area contributed by atoms with Gasteiger partial charge in [-0.25, -0.2) is 8.42 Å². The summed E-state index contributed by atoms with van der Waals surface area (Å²) in [6.07, 6.45) is 2.02. The average Bonchev–Trinajstić information content (AvgIpc) is 2.93. The molecule has 41 heavy (non-hydrogen) atoms. The lowest BCUT2D eigenvalue weighted by atomic mass is 10.1. The first-order valence-electron chi connectivity index (χ1n) is 13.3. The molecular weight excluding hydrogens is 585 g/mol. The number of nitrogens with zero attached hydrogens (tertiary/aromatic N) is 2. The Morgan fingerprint density at radius 3 is 2.00 bits per heavy atom. The van der Waals surface area contributed by atoms with Crippen LogP contribution >= 0.6 is 23.2 Å². The van der Waals surface area contributed by atoms with Crippen LogP contribution in [0.25, 0.3) is 0 Å². The first-order valence-corrected chi connectivity index (χ1v) is 15.9. The molecule has 2 atom stereocenters. The fraction of sp³-hybridized carbons (Fsp3) is 0.333. The molecule has 8 nitrogen and oxygen atoms in total. The van der Waals surface area contributed by atoms with Gasteiger partial charge >= 0.3 is 0 Å². The van der Waals surface area contributed by atoms with E-state index in [1.165, 1.54) is 4.90 Å². The number of anilines is 1. The van der Waals surface area contributed by atoms with Crippen LogP contribution in [0.1, 0.15) is 39.2 Å². The summed E-state index contributed by atoms with van der Waals surface area (Å²) < 4.78 is 32.6. The van der Waals surface area contributed by atoms with Crippen molar-refractivity contribution in [3.05, 3.63) is 88.4 Å². The largest absolute Gasteiger partial charge is 0.457 e. The quantitative estimate of drug-likeness (QED) is 0.243. The molecule has 3 aromatic carbocycles. The van der Waals surface area contributed by atoms with Gasteiger partial charge in [-0.2, -0.15) is 0 Å². The van der Waals surface area contributed by atoms with E-state index < -0.39 is 28.5 Å². The van der Waals surface area contributed by atoms with Crippen molar-refractivity contribution in [2.75, 3.05) is 17.1 Å². The van der Waals surface area contributed by atoms with Crippen LogP contribution in [0.15, 0.2) is 72.8 Å². The van der Waals surface area contributed by atoms with E-state index in [9.17, 15) is 18.0 Å². The maximum absolute atomic E-state index is 13.9. The predicted octanol–water partition coefficient (Wildman–Crippen LogP) is 6.27. The van der Waals surface area contributed by atoms with Crippen LogP contribution in [0.5, 0.6) is 11.5 Å². The third-order valence-corrected chi connectivity index (χ3v) is 8.41. The number of carbonyl (C=O) groups is 2. The third kappa shape index (κ3) is 8.86. The molecule has 1 N–H and O–H groups in total. The molecule has 0 radical (unpaired) electrons. The summed E-state index contributed by atoms with van der Waals surface area (Å²) >= 11 is 12.8. The van der Waals surface area contributed by atoms with E-state index in [0.717, 1.165) is 10.6 Å². The topological polar surface area (TPSA) is 96.0 Å². The second-order valence-electron chi connectivity index (χ2n) is 9.64.